The van der Waals surface area contributed by atoms with Crippen molar-refractivity contribution in [1.29, 1.82) is 0 Å². The zero-order valence-corrected chi connectivity index (χ0v) is 21.4. The van der Waals surface area contributed by atoms with E-state index in [1.807, 2.05) is 42.7 Å². The van der Waals surface area contributed by atoms with Crippen LogP contribution in [0.3, 0.4) is 0 Å². The van der Waals surface area contributed by atoms with Crippen molar-refractivity contribution in [3.05, 3.63) is 74.8 Å². The van der Waals surface area contributed by atoms with Crippen LogP contribution in [0.1, 0.15) is 44.0 Å². The number of nitrogens with one attached hydrogen (secondary N) is 1. The summed E-state index contributed by atoms with van der Waals surface area (Å²) in [5.41, 5.74) is 7.53. The van der Waals surface area contributed by atoms with Gasteiger partial charge in [-0.15, -0.1) is 0 Å². The van der Waals surface area contributed by atoms with Crippen molar-refractivity contribution >= 4 is 16.9 Å². The number of hydrogen-bond acceptors (Lipinski definition) is 8. The average Bonchev–Trinajstić information content (AvgIpc) is 3.53. The first-order valence-electron chi connectivity index (χ1n) is 12.8. The van der Waals surface area contributed by atoms with E-state index in [0.29, 0.717) is 80.6 Å². The van der Waals surface area contributed by atoms with E-state index >= 15 is 0 Å². The van der Waals surface area contributed by atoms with Gasteiger partial charge in [-0.25, -0.2) is 14.8 Å². The van der Waals surface area contributed by atoms with Crippen molar-refractivity contribution in [1.82, 2.24) is 29.0 Å². The van der Waals surface area contributed by atoms with E-state index in [1.54, 1.807) is 10.8 Å². The minimum atomic E-state index is -0.438. The molecule has 0 bridgehead atoms. The van der Waals surface area contributed by atoms with Crippen LogP contribution in [0.15, 0.2) is 50.7 Å². The van der Waals surface area contributed by atoms with E-state index in [1.165, 1.54) is 10.8 Å². The van der Waals surface area contributed by atoms with E-state index in [9.17, 15) is 14.7 Å². The third-order valence-electron chi connectivity index (χ3n) is 6.40. The van der Waals surface area contributed by atoms with E-state index in [0.717, 1.165) is 5.56 Å². The Hall–Kier alpha value is -3.70. The SMILES string of the molecule is CCCn1c(=O)c2c(nc(Cc3ncco3)n2CCNCC(O)CC)n(CCc2ccc(N)cc2)c1=O. The third kappa shape index (κ3) is 6.00. The highest BCUT2D eigenvalue weighted by molar-refractivity contribution is 5.71. The highest BCUT2D eigenvalue weighted by Gasteiger charge is 2.22. The zero-order valence-electron chi connectivity index (χ0n) is 21.4. The van der Waals surface area contributed by atoms with Gasteiger partial charge in [-0.3, -0.25) is 13.9 Å². The van der Waals surface area contributed by atoms with Crippen LogP contribution < -0.4 is 22.3 Å². The Balaban J connectivity index is 1.78. The molecule has 0 amide bonds. The van der Waals surface area contributed by atoms with Gasteiger partial charge in [0, 0.05) is 38.4 Å². The minimum absolute atomic E-state index is 0.276. The molecule has 3 aromatic heterocycles. The van der Waals surface area contributed by atoms with E-state index < -0.39 is 6.10 Å². The maximum Gasteiger partial charge on any atom is 0.332 e. The first kappa shape index (κ1) is 26.4. The quantitative estimate of drug-likeness (QED) is 0.182. The lowest BCUT2D eigenvalue weighted by Crippen LogP contribution is -2.41. The number of anilines is 1. The zero-order chi connectivity index (χ0) is 26.4. The van der Waals surface area contributed by atoms with Crippen LogP contribution in [-0.2, 0) is 32.5 Å². The number of oxazole rings is 1. The summed E-state index contributed by atoms with van der Waals surface area (Å²) in [5, 5.41) is 13.1. The van der Waals surface area contributed by atoms with Gasteiger partial charge < -0.3 is 25.1 Å². The highest BCUT2D eigenvalue weighted by Crippen LogP contribution is 2.16. The fourth-order valence-electron chi connectivity index (χ4n) is 4.34. The number of rotatable bonds is 13. The van der Waals surface area contributed by atoms with Crippen LogP contribution in [0, 0.1) is 0 Å². The van der Waals surface area contributed by atoms with Crippen LogP contribution >= 0.6 is 0 Å². The summed E-state index contributed by atoms with van der Waals surface area (Å²) in [6, 6.07) is 7.53. The average molecular weight is 510 g/mol. The summed E-state index contributed by atoms with van der Waals surface area (Å²) < 4.78 is 10.2. The molecule has 4 rings (SSSR count). The number of nitrogens with zero attached hydrogens (tertiary/aromatic N) is 5. The number of aliphatic hydroxyl groups is 1. The summed E-state index contributed by atoms with van der Waals surface area (Å²) >= 11 is 0. The summed E-state index contributed by atoms with van der Waals surface area (Å²) in [5.74, 6) is 1.05. The summed E-state index contributed by atoms with van der Waals surface area (Å²) in [4.78, 5) is 36.1. The van der Waals surface area contributed by atoms with Gasteiger partial charge in [0.15, 0.2) is 11.2 Å². The van der Waals surface area contributed by atoms with Crippen molar-refractivity contribution in [2.75, 3.05) is 18.8 Å². The summed E-state index contributed by atoms with van der Waals surface area (Å²) in [6.07, 6.45) is 4.77. The van der Waals surface area contributed by atoms with Crippen LogP contribution in [0.2, 0.25) is 0 Å². The van der Waals surface area contributed by atoms with Gasteiger partial charge in [0.05, 0.1) is 18.7 Å². The smallest absolute Gasteiger partial charge is 0.332 e. The number of hydrogen-bond donors (Lipinski definition) is 3. The highest BCUT2D eigenvalue weighted by atomic mass is 16.3. The summed E-state index contributed by atoms with van der Waals surface area (Å²) in [7, 11) is 0. The molecule has 4 N–H and O–H groups in total. The number of aliphatic hydroxyl groups excluding tert-OH is 1. The van der Waals surface area contributed by atoms with E-state index in [4.69, 9.17) is 15.1 Å². The molecule has 0 radical (unpaired) electrons. The lowest BCUT2D eigenvalue weighted by atomic mass is 10.1. The predicted molar refractivity (Wildman–Crippen MR) is 142 cm³/mol. The molecular weight excluding hydrogens is 474 g/mol. The Morgan fingerprint density at radius 1 is 1.08 bits per heavy atom. The van der Waals surface area contributed by atoms with E-state index in [-0.39, 0.29) is 17.7 Å². The molecule has 1 aromatic carbocycles. The Morgan fingerprint density at radius 3 is 2.54 bits per heavy atom. The normalized spacial score (nSPS) is 12.4. The maximum absolute atomic E-state index is 13.6. The van der Waals surface area contributed by atoms with Gasteiger partial charge in [-0.05, 0) is 37.0 Å². The number of aryl methyl sites for hydroxylation is 2. The largest absolute Gasteiger partial charge is 0.449 e. The van der Waals surface area contributed by atoms with Crippen LogP contribution in [0.4, 0.5) is 5.69 Å². The first-order chi connectivity index (χ1) is 17.9. The standard InChI is InChI=1S/C26H35N7O4/c1-3-12-33-25(35)23-24(32(26(33)36)13-9-18-5-7-19(27)8-6-18)30-21(16-22-29-11-15-37-22)31(23)14-10-28-17-20(34)4-2/h5-8,11,15,20,28,34H,3-4,9-10,12-14,16-17,27H2,1-2H3. The third-order valence-corrected chi connectivity index (χ3v) is 6.40. The van der Waals surface area contributed by atoms with E-state index in [2.05, 4.69) is 10.3 Å². The molecule has 1 unspecified atom stereocenters. The Morgan fingerprint density at radius 2 is 1.86 bits per heavy atom. The molecule has 0 spiro atoms. The second-order valence-electron chi connectivity index (χ2n) is 9.10. The maximum atomic E-state index is 13.6. The van der Waals surface area contributed by atoms with Crippen molar-refractivity contribution in [2.24, 2.45) is 0 Å². The topological polar surface area (TPSA) is 146 Å². The molecular formula is C26H35N7O4. The predicted octanol–water partition coefficient (Wildman–Crippen LogP) is 1.53. The molecule has 0 aliphatic heterocycles. The number of nitrogens with two attached hydrogens (primary N) is 1. The van der Waals surface area contributed by atoms with Gasteiger partial charge in [-0.2, -0.15) is 0 Å². The lowest BCUT2D eigenvalue weighted by molar-refractivity contribution is 0.167. The Bertz CT molecular complexity index is 1420. The lowest BCUT2D eigenvalue weighted by Gasteiger charge is -2.14. The minimum Gasteiger partial charge on any atom is -0.449 e. The van der Waals surface area contributed by atoms with Gasteiger partial charge in [0.2, 0.25) is 5.89 Å². The molecule has 37 heavy (non-hydrogen) atoms. The molecule has 0 aliphatic rings. The fourth-order valence-corrected chi connectivity index (χ4v) is 4.34. The van der Waals surface area contributed by atoms with Gasteiger partial charge in [-0.1, -0.05) is 26.0 Å². The van der Waals surface area contributed by atoms with Crippen LogP contribution in [-0.4, -0.2) is 48.0 Å². The number of benzene rings is 1. The monoisotopic (exact) mass is 509 g/mol. The molecule has 4 aromatic rings. The number of fused-ring (bicyclic) bond motifs is 1. The molecule has 0 aliphatic carbocycles. The van der Waals surface area contributed by atoms with Crippen molar-refractivity contribution in [2.45, 2.75) is 65.3 Å². The van der Waals surface area contributed by atoms with Crippen LogP contribution in [0.25, 0.3) is 11.2 Å². The van der Waals surface area contributed by atoms with Crippen molar-refractivity contribution in [3.8, 4) is 0 Å². The molecule has 0 saturated carbocycles. The molecule has 0 fully saturated rings. The number of imidazole rings is 1. The Labute approximate surface area is 214 Å². The molecule has 11 nitrogen and oxygen atoms in total. The molecule has 198 valence electrons. The first-order valence-corrected chi connectivity index (χ1v) is 12.8. The van der Waals surface area contributed by atoms with Crippen molar-refractivity contribution in [3.63, 3.8) is 0 Å². The molecule has 3 heterocycles. The summed E-state index contributed by atoms with van der Waals surface area (Å²) in [6.45, 7) is 5.92. The number of nitrogen functional groups attached to an aromatic ring is 1. The Kier molecular flexibility index (Phi) is 8.57. The second kappa shape index (κ2) is 12.0. The van der Waals surface area contributed by atoms with Crippen LogP contribution in [0.5, 0.6) is 0 Å². The van der Waals surface area contributed by atoms with Gasteiger partial charge >= 0.3 is 5.69 Å². The second-order valence-corrected chi connectivity index (χ2v) is 9.10. The van der Waals surface area contributed by atoms with Gasteiger partial charge in [0.25, 0.3) is 5.56 Å². The van der Waals surface area contributed by atoms with Crippen molar-refractivity contribution < 1.29 is 9.52 Å². The fraction of sp³-hybridized carbons (Fsp3) is 0.462. The van der Waals surface area contributed by atoms with Gasteiger partial charge in [0.1, 0.15) is 12.1 Å². The molecule has 0 saturated heterocycles. The molecule has 11 heteroatoms. The molecule has 1 atom stereocenters. The number of aromatic nitrogens is 5.